The van der Waals surface area contributed by atoms with Gasteiger partial charge in [-0.1, -0.05) is 6.07 Å². The molecule has 1 rings (SSSR count). The van der Waals surface area contributed by atoms with Gasteiger partial charge in [0.05, 0.1) is 13.7 Å². The molecule has 3 heteroatoms. The summed E-state index contributed by atoms with van der Waals surface area (Å²) in [6, 6.07) is 6.70. The minimum absolute atomic E-state index is 0.241. The van der Waals surface area contributed by atoms with Crippen molar-refractivity contribution in [3.05, 3.63) is 29.3 Å². The molecule has 1 aromatic rings. The number of methoxy groups -OCH3 is 2. The third kappa shape index (κ3) is 4.59. The summed E-state index contributed by atoms with van der Waals surface area (Å²) < 4.78 is 10.5. The van der Waals surface area contributed by atoms with Gasteiger partial charge in [0.2, 0.25) is 0 Å². The van der Waals surface area contributed by atoms with E-state index in [1.807, 2.05) is 6.07 Å². The maximum Gasteiger partial charge on any atom is 0.124 e. The largest absolute Gasteiger partial charge is 0.496 e. The van der Waals surface area contributed by atoms with Crippen LogP contribution in [0.5, 0.6) is 5.75 Å². The number of terminal acetylenes is 1. The Labute approximate surface area is 116 Å². The maximum absolute atomic E-state index is 5.33. The minimum Gasteiger partial charge on any atom is -0.496 e. The second-order valence-electron chi connectivity index (χ2n) is 4.70. The Morgan fingerprint density at radius 1 is 1.32 bits per heavy atom. The summed E-state index contributed by atoms with van der Waals surface area (Å²) in [5, 5.41) is 3.48. The topological polar surface area (TPSA) is 30.5 Å². The van der Waals surface area contributed by atoms with Crippen LogP contribution in [0, 0.1) is 12.3 Å². The van der Waals surface area contributed by atoms with E-state index in [4.69, 9.17) is 15.9 Å². The van der Waals surface area contributed by atoms with Gasteiger partial charge in [-0.2, -0.15) is 0 Å². The average Bonchev–Trinajstić information content (AvgIpc) is 2.39. The highest BCUT2D eigenvalue weighted by atomic mass is 16.5. The molecule has 0 aliphatic rings. The zero-order chi connectivity index (χ0) is 14.3. The van der Waals surface area contributed by atoms with Crippen molar-refractivity contribution in [2.75, 3.05) is 14.2 Å². The fraction of sp³-hybridized carbons (Fsp3) is 0.500. The Hall–Kier alpha value is -1.50. The van der Waals surface area contributed by atoms with Crippen molar-refractivity contribution in [2.24, 2.45) is 0 Å². The Bertz CT molecular complexity index is 437. The van der Waals surface area contributed by atoms with Crippen LogP contribution in [0.4, 0.5) is 0 Å². The van der Waals surface area contributed by atoms with E-state index in [2.05, 4.69) is 37.2 Å². The SMILES string of the molecule is C#CCC(C)NC(C)c1ccc(OC)c(COC)c1. The first-order valence-corrected chi connectivity index (χ1v) is 6.47. The lowest BCUT2D eigenvalue weighted by Gasteiger charge is -2.20. The quantitative estimate of drug-likeness (QED) is 0.766. The van der Waals surface area contributed by atoms with E-state index in [9.17, 15) is 0 Å². The third-order valence-electron chi connectivity index (χ3n) is 3.06. The second-order valence-corrected chi connectivity index (χ2v) is 4.70. The summed E-state index contributed by atoms with van der Waals surface area (Å²) in [6.45, 7) is 4.77. The molecule has 0 spiro atoms. The summed E-state index contributed by atoms with van der Waals surface area (Å²) in [5.74, 6) is 3.53. The first-order chi connectivity index (χ1) is 9.12. The Morgan fingerprint density at radius 2 is 2.05 bits per heavy atom. The summed E-state index contributed by atoms with van der Waals surface area (Å²) in [7, 11) is 3.35. The van der Waals surface area contributed by atoms with Crippen LogP contribution in [0.3, 0.4) is 0 Å². The van der Waals surface area contributed by atoms with Gasteiger partial charge in [0, 0.05) is 31.2 Å². The van der Waals surface area contributed by atoms with Crippen LogP contribution in [0.25, 0.3) is 0 Å². The highest BCUT2D eigenvalue weighted by molar-refractivity contribution is 5.38. The van der Waals surface area contributed by atoms with Gasteiger partial charge in [-0.05, 0) is 31.5 Å². The molecule has 104 valence electrons. The van der Waals surface area contributed by atoms with Gasteiger partial charge in [-0.25, -0.2) is 0 Å². The highest BCUT2D eigenvalue weighted by Crippen LogP contribution is 2.24. The monoisotopic (exact) mass is 261 g/mol. The van der Waals surface area contributed by atoms with Crippen LogP contribution in [-0.4, -0.2) is 20.3 Å². The maximum atomic E-state index is 5.33. The van der Waals surface area contributed by atoms with Crippen LogP contribution in [0.2, 0.25) is 0 Å². The predicted octanol–water partition coefficient (Wildman–Crippen LogP) is 2.90. The van der Waals surface area contributed by atoms with Crippen molar-refractivity contribution in [1.29, 1.82) is 0 Å². The molecule has 0 aliphatic heterocycles. The van der Waals surface area contributed by atoms with Crippen molar-refractivity contribution in [2.45, 2.75) is 39.0 Å². The van der Waals surface area contributed by atoms with E-state index >= 15 is 0 Å². The van der Waals surface area contributed by atoms with Crippen molar-refractivity contribution in [3.8, 4) is 18.1 Å². The fourth-order valence-electron chi connectivity index (χ4n) is 2.09. The minimum atomic E-state index is 0.241. The van der Waals surface area contributed by atoms with Gasteiger partial charge in [0.1, 0.15) is 5.75 Å². The molecule has 2 atom stereocenters. The lowest BCUT2D eigenvalue weighted by Crippen LogP contribution is -2.28. The molecule has 3 nitrogen and oxygen atoms in total. The van der Waals surface area contributed by atoms with Gasteiger partial charge in [-0.3, -0.25) is 0 Å². The molecule has 2 unspecified atom stereocenters. The molecular weight excluding hydrogens is 238 g/mol. The van der Waals surface area contributed by atoms with Crippen molar-refractivity contribution in [1.82, 2.24) is 5.32 Å². The molecule has 0 aromatic heterocycles. The number of hydrogen-bond donors (Lipinski definition) is 1. The van der Waals surface area contributed by atoms with Crippen LogP contribution in [0.1, 0.15) is 37.4 Å². The van der Waals surface area contributed by atoms with E-state index < -0.39 is 0 Å². The summed E-state index contributed by atoms with van der Waals surface area (Å²) in [5.41, 5.74) is 2.26. The lowest BCUT2D eigenvalue weighted by molar-refractivity contribution is 0.181. The zero-order valence-electron chi connectivity index (χ0n) is 12.2. The number of ether oxygens (including phenoxy) is 2. The van der Waals surface area contributed by atoms with Crippen molar-refractivity contribution >= 4 is 0 Å². The molecule has 1 aromatic carbocycles. The Balaban J connectivity index is 2.83. The van der Waals surface area contributed by atoms with Crippen LogP contribution < -0.4 is 10.1 Å². The molecule has 0 radical (unpaired) electrons. The normalized spacial score (nSPS) is 13.6. The molecule has 19 heavy (non-hydrogen) atoms. The number of hydrogen-bond acceptors (Lipinski definition) is 3. The van der Waals surface area contributed by atoms with Crippen LogP contribution in [0.15, 0.2) is 18.2 Å². The summed E-state index contributed by atoms with van der Waals surface area (Å²) >= 11 is 0. The van der Waals surface area contributed by atoms with Crippen molar-refractivity contribution in [3.63, 3.8) is 0 Å². The van der Waals surface area contributed by atoms with Gasteiger partial charge >= 0.3 is 0 Å². The second kappa shape index (κ2) is 7.83. The molecule has 0 amide bonds. The van der Waals surface area contributed by atoms with E-state index in [0.717, 1.165) is 17.7 Å². The first kappa shape index (κ1) is 15.6. The van der Waals surface area contributed by atoms with E-state index in [1.165, 1.54) is 5.56 Å². The van der Waals surface area contributed by atoms with Crippen LogP contribution >= 0.6 is 0 Å². The molecule has 0 bridgehead atoms. The number of benzene rings is 1. The van der Waals surface area contributed by atoms with Gasteiger partial charge in [0.25, 0.3) is 0 Å². The average molecular weight is 261 g/mol. The van der Waals surface area contributed by atoms with Gasteiger partial charge < -0.3 is 14.8 Å². The van der Waals surface area contributed by atoms with E-state index in [1.54, 1.807) is 14.2 Å². The predicted molar refractivity (Wildman–Crippen MR) is 78.2 cm³/mol. The number of nitrogens with one attached hydrogen (secondary N) is 1. The molecule has 0 saturated heterocycles. The molecule has 0 saturated carbocycles. The standard InChI is InChI=1S/C16H23NO2/c1-6-7-12(2)17-13(3)14-8-9-16(19-5)15(10-14)11-18-4/h1,8-10,12-13,17H,7,11H2,2-5H3. The summed E-state index contributed by atoms with van der Waals surface area (Å²) in [4.78, 5) is 0. The van der Waals surface area contributed by atoms with Crippen molar-refractivity contribution < 1.29 is 9.47 Å². The van der Waals surface area contributed by atoms with Crippen LogP contribution in [-0.2, 0) is 11.3 Å². The molecule has 0 aliphatic carbocycles. The lowest BCUT2D eigenvalue weighted by atomic mass is 10.0. The van der Waals surface area contributed by atoms with Gasteiger partial charge in [0.15, 0.2) is 0 Å². The van der Waals surface area contributed by atoms with Gasteiger partial charge in [-0.15, -0.1) is 12.3 Å². The highest BCUT2D eigenvalue weighted by Gasteiger charge is 2.11. The fourth-order valence-corrected chi connectivity index (χ4v) is 2.09. The summed E-state index contributed by atoms with van der Waals surface area (Å²) in [6.07, 6.45) is 6.05. The Morgan fingerprint density at radius 3 is 2.63 bits per heavy atom. The number of rotatable bonds is 7. The molecule has 1 N–H and O–H groups in total. The molecule has 0 fully saturated rings. The molecular formula is C16H23NO2. The first-order valence-electron chi connectivity index (χ1n) is 6.47. The van der Waals surface area contributed by atoms with E-state index in [-0.39, 0.29) is 6.04 Å². The van der Waals surface area contributed by atoms with E-state index in [0.29, 0.717) is 12.6 Å². The zero-order valence-corrected chi connectivity index (χ0v) is 12.2. The third-order valence-corrected chi connectivity index (χ3v) is 3.06. The molecule has 0 heterocycles. The smallest absolute Gasteiger partial charge is 0.124 e. The Kier molecular flexibility index (Phi) is 6.41.